The van der Waals surface area contributed by atoms with Crippen molar-refractivity contribution in [2.75, 3.05) is 6.54 Å². The molecule has 0 aliphatic rings. The third kappa shape index (κ3) is 3.63. The zero-order chi connectivity index (χ0) is 17.0. The summed E-state index contributed by atoms with van der Waals surface area (Å²) in [5.41, 5.74) is 2.42. The van der Waals surface area contributed by atoms with E-state index in [0.29, 0.717) is 30.0 Å². The summed E-state index contributed by atoms with van der Waals surface area (Å²) in [5.74, 6) is -0.168. The molecule has 0 bridgehead atoms. The monoisotopic (exact) mass is 314 g/mol. The topological polar surface area (TPSA) is 90.1 Å². The molecule has 2 rings (SSSR count). The maximum Gasteiger partial charge on any atom is 0.312 e. The molecule has 1 heterocycles. The second kappa shape index (κ2) is 6.87. The largest absolute Gasteiger partial charge is 0.349 e. The van der Waals surface area contributed by atoms with Crippen molar-refractivity contribution in [3.8, 4) is 0 Å². The number of rotatable bonds is 6. The lowest BCUT2D eigenvalue weighted by atomic mass is 10.1. The van der Waals surface area contributed by atoms with Crippen LogP contribution in [0, 0.1) is 24.0 Å². The summed E-state index contributed by atoms with van der Waals surface area (Å²) in [4.78, 5) is 22.4. The summed E-state index contributed by atoms with van der Waals surface area (Å²) in [6.45, 7) is 7.66. The third-order valence-electron chi connectivity index (χ3n) is 3.48. The minimum Gasteiger partial charge on any atom is -0.349 e. The Labute approximate surface area is 133 Å². The number of nitrogens with one attached hydrogen (secondary N) is 1. The number of benzene rings is 1. The van der Waals surface area contributed by atoms with Crippen LogP contribution in [0.2, 0.25) is 0 Å². The van der Waals surface area contributed by atoms with Crippen molar-refractivity contribution in [1.82, 2.24) is 15.1 Å². The SMILES string of the molecule is C=CCNC(=O)c1ccc(Cn2nc(C)c([N+](=O)[O-])c2C)cc1. The van der Waals surface area contributed by atoms with Crippen molar-refractivity contribution in [3.05, 3.63) is 69.5 Å². The summed E-state index contributed by atoms with van der Waals surface area (Å²) < 4.78 is 1.60. The van der Waals surface area contributed by atoms with Gasteiger partial charge in [-0.1, -0.05) is 18.2 Å². The quantitative estimate of drug-likeness (QED) is 0.503. The van der Waals surface area contributed by atoms with E-state index in [1.807, 2.05) is 12.1 Å². The fourth-order valence-electron chi connectivity index (χ4n) is 2.31. The van der Waals surface area contributed by atoms with Gasteiger partial charge in [-0.2, -0.15) is 5.10 Å². The number of nitro groups is 1. The number of aromatic nitrogens is 2. The fraction of sp³-hybridized carbons (Fsp3) is 0.250. The first-order valence-electron chi connectivity index (χ1n) is 7.10. The first-order valence-corrected chi connectivity index (χ1v) is 7.10. The molecule has 1 aromatic carbocycles. The first-order chi connectivity index (χ1) is 10.9. The van der Waals surface area contributed by atoms with Gasteiger partial charge in [-0.3, -0.25) is 19.6 Å². The highest BCUT2D eigenvalue weighted by Crippen LogP contribution is 2.22. The van der Waals surface area contributed by atoms with Crippen LogP contribution in [0.25, 0.3) is 0 Å². The average Bonchev–Trinajstić information content (AvgIpc) is 2.79. The molecule has 23 heavy (non-hydrogen) atoms. The Kier molecular flexibility index (Phi) is 4.90. The standard InChI is InChI=1S/C16H18N4O3/c1-4-9-17-16(21)14-7-5-13(6-8-14)10-19-12(3)15(20(22)23)11(2)18-19/h4-8H,1,9-10H2,2-3H3,(H,17,21). The van der Waals surface area contributed by atoms with Gasteiger partial charge in [-0.15, -0.1) is 6.58 Å². The van der Waals surface area contributed by atoms with Gasteiger partial charge in [0.25, 0.3) is 5.91 Å². The Morgan fingerprint density at radius 2 is 2.04 bits per heavy atom. The van der Waals surface area contributed by atoms with E-state index in [1.165, 1.54) is 0 Å². The van der Waals surface area contributed by atoms with Crippen LogP contribution in [0.1, 0.15) is 27.3 Å². The third-order valence-corrected chi connectivity index (χ3v) is 3.48. The molecule has 120 valence electrons. The highest BCUT2D eigenvalue weighted by atomic mass is 16.6. The second-order valence-electron chi connectivity index (χ2n) is 5.13. The number of carbonyl (C=O) groups excluding carboxylic acids is 1. The lowest BCUT2D eigenvalue weighted by Gasteiger charge is -2.06. The number of carbonyl (C=O) groups is 1. The molecule has 1 aromatic heterocycles. The van der Waals surface area contributed by atoms with E-state index in [4.69, 9.17) is 0 Å². The molecule has 0 saturated carbocycles. The molecule has 7 nitrogen and oxygen atoms in total. The predicted molar refractivity (Wildman–Crippen MR) is 86.4 cm³/mol. The average molecular weight is 314 g/mol. The van der Waals surface area contributed by atoms with E-state index in [0.717, 1.165) is 5.56 Å². The van der Waals surface area contributed by atoms with Gasteiger partial charge in [0.15, 0.2) is 0 Å². The fourth-order valence-corrected chi connectivity index (χ4v) is 2.31. The van der Waals surface area contributed by atoms with Gasteiger partial charge in [0.1, 0.15) is 11.4 Å². The predicted octanol–water partition coefficient (Wildman–Crippen LogP) is 2.37. The van der Waals surface area contributed by atoms with Crippen molar-refractivity contribution in [3.63, 3.8) is 0 Å². The normalized spacial score (nSPS) is 10.3. The van der Waals surface area contributed by atoms with Gasteiger partial charge in [0.2, 0.25) is 0 Å². The van der Waals surface area contributed by atoms with E-state index in [9.17, 15) is 14.9 Å². The van der Waals surface area contributed by atoms with Crippen LogP contribution < -0.4 is 5.32 Å². The smallest absolute Gasteiger partial charge is 0.312 e. The van der Waals surface area contributed by atoms with Crippen LogP contribution in [0.3, 0.4) is 0 Å². The van der Waals surface area contributed by atoms with Crippen molar-refractivity contribution in [2.24, 2.45) is 0 Å². The minimum absolute atomic E-state index is 0.0467. The number of hydrogen-bond acceptors (Lipinski definition) is 4. The summed E-state index contributed by atoms with van der Waals surface area (Å²) >= 11 is 0. The van der Waals surface area contributed by atoms with Crippen LogP contribution in [-0.2, 0) is 6.54 Å². The molecule has 0 fully saturated rings. The summed E-state index contributed by atoms with van der Waals surface area (Å²) in [7, 11) is 0. The summed E-state index contributed by atoms with van der Waals surface area (Å²) in [6, 6.07) is 7.05. The Bertz CT molecular complexity index is 747. The molecule has 2 aromatic rings. The molecule has 0 spiro atoms. The summed E-state index contributed by atoms with van der Waals surface area (Å²) in [6.07, 6.45) is 1.61. The highest BCUT2D eigenvalue weighted by Gasteiger charge is 2.21. The molecule has 7 heteroatoms. The summed E-state index contributed by atoms with van der Waals surface area (Å²) in [5, 5.41) is 17.9. The lowest BCUT2D eigenvalue weighted by molar-refractivity contribution is -0.386. The van der Waals surface area contributed by atoms with Crippen LogP contribution in [0.4, 0.5) is 5.69 Å². The van der Waals surface area contributed by atoms with Crippen molar-refractivity contribution >= 4 is 11.6 Å². The molecule has 0 saturated heterocycles. The van der Waals surface area contributed by atoms with Gasteiger partial charge < -0.3 is 5.32 Å². The molecule has 1 amide bonds. The van der Waals surface area contributed by atoms with E-state index >= 15 is 0 Å². The lowest BCUT2D eigenvalue weighted by Crippen LogP contribution is -2.23. The van der Waals surface area contributed by atoms with Crippen LogP contribution in [0.15, 0.2) is 36.9 Å². The molecule has 0 aliphatic carbocycles. The van der Waals surface area contributed by atoms with E-state index in [-0.39, 0.29) is 11.6 Å². The van der Waals surface area contributed by atoms with Crippen LogP contribution >= 0.6 is 0 Å². The maximum absolute atomic E-state index is 11.8. The number of aryl methyl sites for hydroxylation is 1. The molecular weight excluding hydrogens is 296 g/mol. The molecule has 0 unspecified atom stereocenters. The minimum atomic E-state index is -0.415. The Hall–Kier alpha value is -2.96. The highest BCUT2D eigenvalue weighted by molar-refractivity contribution is 5.94. The number of amides is 1. The Morgan fingerprint density at radius 1 is 1.39 bits per heavy atom. The Balaban J connectivity index is 2.16. The van der Waals surface area contributed by atoms with Gasteiger partial charge >= 0.3 is 5.69 Å². The van der Waals surface area contributed by atoms with E-state index < -0.39 is 4.92 Å². The van der Waals surface area contributed by atoms with Crippen molar-refractivity contribution in [2.45, 2.75) is 20.4 Å². The van der Waals surface area contributed by atoms with Crippen molar-refractivity contribution in [1.29, 1.82) is 0 Å². The maximum atomic E-state index is 11.8. The Morgan fingerprint density at radius 3 is 2.57 bits per heavy atom. The van der Waals surface area contributed by atoms with Crippen LogP contribution in [0.5, 0.6) is 0 Å². The van der Waals surface area contributed by atoms with Gasteiger partial charge in [0.05, 0.1) is 11.5 Å². The number of nitrogens with zero attached hydrogens (tertiary/aromatic N) is 3. The molecular formula is C16H18N4O3. The molecule has 0 radical (unpaired) electrons. The van der Waals surface area contributed by atoms with Gasteiger partial charge in [-0.05, 0) is 31.5 Å². The van der Waals surface area contributed by atoms with Gasteiger partial charge in [-0.25, -0.2) is 0 Å². The molecule has 1 N–H and O–H groups in total. The van der Waals surface area contributed by atoms with Crippen LogP contribution in [-0.4, -0.2) is 27.2 Å². The van der Waals surface area contributed by atoms with E-state index in [1.54, 1.807) is 36.7 Å². The van der Waals surface area contributed by atoms with E-state index in [2.05, 4.69) is 17.0 Å². The first kappa shape index (κ1) is 16.4. The second-order valence-corrected chi connectivity index (χ2v) is 5.13. The molecule has 0 atom stereocenters. The van der Waals surface area contributed by atoms with Crippen molar-refractivity contribution < 1.29 is 9.72 Å². The zero-order valence-electron chi connectivity index (χ0n) is 13.1. The molecule has 0 aliphatic heterocycles. The van der Waals surface area contributed by atoms with Gasteiger partial charge in [0, 0.05) is 12.1 Å². The number of hydrogen-bond donors (Lipinski definition) is 1. The zero-order valence-corrected chi connectivity index (χ0v) is 13.1.